The van der Waals surface area contributed by atoms with Crippen molar-refractivity contribution >= 4 is 17.9 Å². The second-order valence-corrected chi connectivity index (χ2v) is 5.43. The van der Waals surface area contributed by atoms with Crippen LogP contribution in [0.3, 0.4) is 0 Å². The Hall–Kier alpha value is -1.79. The summed E-state index contributed by atoms with van der Waals surface area (Å²) in [7, 11) is 2.19. The van der Waals surface area contributed by atoms with Gasteiger partial charge in [0.05, 0.1) is 11.4 Å². The van der Waals surface area contributed by atoms with E-state index >= 15 is 0 Å². The molecular formula is C13H18N6. The first-order valence-corrected chi connectivity index (χ1v) is 6.78. The molecule has 1 saturated heterocycles. The molecule has 0 unspecified atom stereocenters. The Morgan fingerprint density at radius 2 is 2.16 bits per heavy atom. The average Bonchev–Trinajstić information content (AvgIpc) is 3.04. The third kappa shape index (κ3) is 1.67. The molecule has 100 valence electrons. The number of piperidine rings is 1. The van der Waals surface area contributed by atoms with E-state index in [9.17, 15) is 0 Å². The van der Waals surface area contributed by atoms with Crippen LogP contribution in [-0.4, -0.2) is 41.4 Å². The highest BCUT2D eigenvalue weighted by Gasteiger charge is 2.33. The molecule has 1 fully saturated rings. The highest BCUT2D eigenvalue weighted by molar-refractivity contribution is 5.87. The Morgan fingerprint density at radius 1 is 1.32 bits per heavy atom. The largest absolute Gasteiger partial charge is 0.346 e. The van der Waals surface area contributed by atoms with E-state index < -0.39 is 0 Å². The summed E-state index contributed by atoms with van der Waals surface area (Å²) in [6, 6.07) is 2.10. The molecule has 0 saturated carbocycles. The van der Waals surface area contributed by atoms with Crippen LogP contribution in [0.1, 0.15) is 18.4 Å². The first-order valence-electron chi connectivity index (χ1n) is 6.78. The van der Waals surface area contributed by atoms with Crippen LogP contribution in [0.4, 0.5) is 5.82 Å². The second kappa shape index (κ2) is 4.11. The quantitative estimate of drug-likeness (QED) is 0.704. The summed E-state index contributed by atoms with van der Waals surface area (Å²) >= 11 is 0. The number of hydrogen-bond donors (Lipinski definition) is 3. The lowest BCUT2D eigenvalue weighted by Crippen LogP contribution is -2.39. The molecule has 6 heteroatoms. The smallest absolute Gasteiger partial charge is 0.141 e. The molecule has 19 heavy (non-hydrogen) atoms. The van der Waals surface area contributed by atoms with Crippen LogP contribution >= 0.6 is 0 Å². The first kappa shape index (κ1) is 11.1. The SMILES string of the molecule is CN1CCC(C2=C3c4cc[nH]c4N=CN3NN2)CC1. The summed E-state index contributed by atoms with van der Waals surface area (Å²) in [5, 5.41) is 1.98. The Balaban J connectivity index is 1.72. The molecule has 4 heterocycles. The van der Waals surface area contributed by atoms with Crippen LogP contribution < -0.4 is 11.0 Å². The molecule has 0 atom stereocenters. The molecule has 0 spiro atoms. The molecule has 0 bridgehead atoms. The summed E-state index contributed by atoms with van der Waals surface area (Å²) in [5.41, 5.74) is 10.2. The summed E-state index contributed by atoms with van der Waals surface area (Å²) in [5.74, 6) is 1.54. The zero-order valence-electron chi connectivity index (χ0n) is 11.0. The van der Waals surface area contributed by atoms with Crippen LogP contribution in [0, 0.1) is 5.92 Å². The Morgan fingerprint density at radius 3 is 3.00 bits per heavy atom. The van der Waals surface area contributed by atoms with Crippen molar-refractivity contribution < 1.29 is 0 Å². The Bertz CT molecular complexity index is 549. The molecule has 1 aromatic rings. The van der Waals surface area contributed by atoms with Gasteiger partial charge in [-0.1, -0.05) is 0 Å². The van der Waals surface area contributed by atoms with Gasteiger partial charge in [-0.15, -0.1) is 5.53 Å². The molecule has 3 N–H and O–H groups in total. The monoisotopic (exact) mass is 258 g/mol. The van der Waals surface area contributed by atoms with Gasteiger partial charge < -0.3 is 15.3 Å². The third-order valence-electron chi connectivity index (χ3n) is 4.22. The van der Waals surface area contributed by atoms with E-state index in [2.05, 4.69) is 39.0 Å². The minimum atomic E-state index is 0.595. The molecule has 0 aliphatic carbocycles. The van der Waals surface area contributed by atoms with Crippen molar-refractivity contribution in [1.29, 1.82) is 0 Å². The van der Waals surface area contributed by atoms with Gasteiger partial charge >= 0.3 is 0 Å². The number of aliphatic imine (C=N–C) groups is 1. The topological polar surface area (TPSA) is 58.7 Å². The first-order chi connectivity index (χ1) is 9.33. The van der Waals surface area contributed by atoms with E-state index in [0.717, 1.165) is 18.9 Å². The van der Waals surface area contributed by atoms with E-state index in [-0.39, 0.29) is 0 Å². The number of allylic oxidation sites excluding steroid dienone is 1. The molecule has 3 aliphatic heterocycles. The molecular weight excluding hydrogens is 240 g/mol. The minimum Gasteiger partial charge on any atom is -0.346 e. The van der Waals surface area contributed by atoms with E-state index in [1.54, 1.807) is 0 Å². The Kier molecular flexibility index (Phi) is 2.39. The zero-order chi connectivity index (χ0) is 12.8. The fourth-order valence-electron chi connectivity index (χ4n) is 3.09. The number of likely N-dealkylation sites (tertiary alicyclic amines) is 1. The van der Waals surface area contributed by atoms with E-state index in [1.807, 2.05) is 17.5 Å². The fraction of sp³-hybridized carbons (Fsp3) is 0.462. The summed E-state index contributed by atoms with van der Waals surface area (Å²) in [6.07, 6.45) is 6.18. The maximum Gasteiger partial charge on any atom is 0.141 e. The van der Waals surface area contributed by atoms with Crippen molar-refractivity contribution in [2.75, 3.05) is 20.1 Å². The number of aromatic nitrogens is 1. The van der Waals surface area contributed by atoms with Gasteiger partial charge in [-0.25, -0.2) is 10.0 Å². The predicted molar refractivity (Wildman–Crippen MR) is 74.2 cm³/mol. The summed E-state index contributed by atoms with van der Waals surface area (Å²) in [4.78, 5) is 9.96. The number of H-pyrrole nitrogens is 1. The number of hydrazine groups is 2. The van der Waals surface area contributed by atoms with Gasteiger partial charge in [-0.3, -0.25) is 0 Å². The van der Waals surface area contributed by atoms with E-state index in [1.165, 1.54) is 29.8 Å². The zero-order valence-corrected chi connectivity index (χ0v) is 11.0. The van der Waals surface area contributed by atoms with Gasteiger partial charge in [-0.2, -0.15) is 0 Å². The average molecular weight is 258 g/mol. The van der Waals surface area contributed by atoms with Crippen molar-refractivity contribution in [2.45, 2.75) is 12.8 Å². The second-order valence-electron chi connectivity index (χ2n) is 5.43. The van der Waals surface area contributed by atoms with Crippen LogP contribution in [0.25, 0.3) is 5.70 Å². The van der Waals surface area contributed by atoms with Gasteiger partial charge in [0, 0.05) is 17.7 Å². The maximum absolute atomic E-state index is 4.39. The van der Waals surface area contributed by atoms with Crippen LogP contribution in [-0.2, 0) is 0 Å². The van der Waals surface area contributed by atoms with E-state index in [0.29, 0.717) is 5.92 Å². The summed E-state index contributed by atoms with van der Waals surface area (Å²) in [6.45, 7) is 2.33. The van der Waals surface area contributed by atoms with Gasteiger partial charge in [0.1, 0.15) is 12.2 Å². The van der Waals surface area contributed by atoms with Gasteiger partial charge in [0.25, 0.3) is 0 Å². The van der Waals surface area contributed by atoms with Crippen molar-refractivity contribution in [2.24, 2.45) is 10.9 Å². The number of aromatic amines is 1. The van der Waals surface area contributed by atoms with E-state index in [4.69, 9.17) is 0 Å². The van der Waals surface area contributed by atoms with Crippen molar-refractivity contribution in [3.05, 3.63) is 23.5 Å². The third-order valence-corrected chi connectivity index (χ3v) is 4.22. The van der Waals surface area contributed by atoms with Crippen LogP contribution in [0.2, 0.25) is 0 Å². The molecule has 0 aromatic carbocycles. The van der Waals surface area contributed by atoms with Crippen LogP contribution in [0.15, 0.2) is 23.0 Å². The van der Waals surface area contributed by atoms with Crippen LogP contribution in [0.5, 0.6) is 0 Å². The lowest BCUT2D eigenvalue weighted by Gasteiger charge is -2.29. The highest BCUT2D eigenvalue weighted by atomic mass is 15.7. The number of nitrogens with one attached hydrogen (secondary N) is 3. The van der Waals surface area contributed by atoms with Gasteiger partial charge in [0.2, 0.25) is 0 Å². The molecule has 6 nitrogen and oxygen atoms in total. The molecule has 4 rings (SSSR count). The summed E-state index contributed by atoms with van der Waals surface area (Å²) < 4.78 is 0. The molecule has 0 amide bonds. The molecule has 3 aliphatic rings. The normalized spacial score (nSPS) is 23.5. The van der Waals surface area contributed by atoms with Gasteiger partial charge in [0.15, 0.2) is 0 Å². The predicted octanol–water partition coefficient (Wildman–Crippen LogP) is 1.02. The Labute approximate surface area is 112 Å². The van der Waals surface area contributed by atoms with Gasteiger partial charge in [-0.05, 0) is 39.0 Å². The fourth-order valence-corrected chi connectivity index (χ4v) is 3.09. The number of hydrogen-bond acceptors (Lipinski definition) is 5. The number of nitrogens with zero attached hydrogens (tertiary/aromatic N) is 3. The van der Waals surface area contributed by atoms with Crippen molar-refractivity contribution in [3.8, 4) is 0 Å². The minimum absolute atomic E-state index is 0.595. The number of fused-ring (bicyclic) bond motifs is 3. The van der Waals surface area contributed by atoms with Crippen molar-refractivity contribution in [1.82, 2.24) is 25.9 Å². The molecule has 0 radical (unpaired) electrons. The maximum atomic E-state index is 4.39. The highest BCUT2D eigenvalue weighted by Crippen LogP contribution is 2.37. The van der Waals surface area contributed by atoms with Crippen molar-refractivity contribution in [3.63, 3.8) is 0 Å². The molecule has 1 aromatic heterocycles. The lowest BCUT2D eigenvalue weighted by atomic mass is 9.91. The lowest BCUT2D eigenvalue weighted by molar-refractivity contribution is 0.232. The number of rotatable bonds is 1. The standard InChI is InChI=1S/C13H18N6/c1-18-6-3-9(4-7-18)11-12-10-2-5-14-13(10)15-8-19(12)17-16-11/h2,5,8-9,14,16-17H,3-4,6-7H2,1H3.